The molecule has 4 N–H and O–H groups in total. The SMILES string of the molecule is Cn1ncc(Cl)c1-c1cc(NC(=O)c2ccc(=O)oc2)ccc1OCCN.O=C(O)C(F)(F)F. The molecule has 0 aliphatic heterocycles. The first-order valence-electron chi connectivity index (χ1n) is 9.29. The maximum Gasteiger partial charge on any atom is 0.490 e. The summed E-state index contributed by atoms with van der Waals surface area (Å²) >= 11 is 6.26. The van der Waals surface area contributed by atoms with E-state index in [0.717, 1.165) is 6.26 Å². The number of nitrogens with one attached hydrogen (secondary N) is 1. The zero-order chi connectivity index (χ0) is 25.5. The van der Waals surface area contributed by atoms with E-state index in [4.69, 9.17) is 36.4 Å². The zero-order valence-electron chi connectivity index (χ0n) is 17.4. The van der Waals surface area contributed by atoms with Gasteiger partial charge in [0.2, 0.25) is 0 Å². The number of halogens is 4. The van der Waals surface area contributed by atoms with Gasteiger partial charge < -0.3 is 25.3 Å². The molecule has 0 atom stereocenters. The molecule has 2 aromatic heterocycles. The molecule has 182 valence electrons. The molecule has 2 heterocycles. The molecule has 34 heavy (non-hydrogen) atoms. The molecule has 0 aliphatic rings. The molecule has 1 aromatic carbocycles. The summed E-state index contributed by atoms with van der Waals surface area (Å²) in [4.78, 5) is 32.3. The minimum absolute atomic E-state index is 0.221. The summed E-state index contributed by atoms with van der Waals surface area (Å²) in [6.45, 7) is 0.688. The summed E-state index contributed by atoms with van der Waals surface area (Å²) in [5.74, 6) is -2.61. The molecule has 0 saturated carbocycles. The first-order valence-corrected chi connectivity index (χ1v) is 9.67. The van der Waals surface area contributed by atoms with Gasteiger partial charge in [-0.3, -0.25) is 9.48 Å². The van der Waals surface area contributed by atoms with Gasteiger partial charge >= 0.3 is 17.8 Å². The summed E-state index contributed by atoms with van der Waals surface area (Å²) in [6.07, 6.45) is -2.45. The lowest BCUT2D eigenvalue weighted by molar-refractivity contribution is -0.192. The number of nitrogens with zero attached hydrogens (tertiary/aromatic N) is 2. The molecule has 10 nitrogen and oxygen atoms in total. The second-order valence-electron chi connectivity index (χ2n) is 6.41. The topological polar surface area (TPSA) is 150 Å². The van der Waals surface area contributed by atoms with Gasteiger partial charge in [-0.2, -0.15) is 18.3 Å². The van der Waals surface area contributed by atoms with E-state index in [1.807, 2.05) is 0 Å². The molecule has 14 heteroatoms. The van der Waals surface area contributed by atoms with Crippen molar-refractivity contribution in [1.29, 1.82) is 0 Å². The number of amides is 1. The number of ether oxygens (including phenoxy) is 1. The summed E-state index contributed by atoms with van der Waals surface area (Å²) < 4.78 is 43.8. The van der Waals surface area contributed by atoms with Crippen molar-refractivity contribution < 1.29 is 37.0 Å². The third kappa shape index (κ3) is 7.08. The smallest absolute Gasteiger partial charge is 0.490 e. The molecule has 0 unspecified atom stereocenters. The Morgan fingerprint density at radius 1 is 1.29 bits per heavy atom. The van der Waals surface area contributed by atoms with Crippen LogP contribution in [0, 0.1) is 0 Å². The quantitative estimate of drug-likeness (QED) is 0.465. The summed E-state index contributed by atoms with van der Waals surface area (Å²) in [6, 6.07) is 7.70. The van der Waals surface area contributed by atoms with Crippen LogP contribution in [0.4, 0.5) is 18.9 Å². The van der Waals surface area contributed by atoms with Crippen molar-refractivity contribution in [3.05, 3.63) is 63.8 Å². The first kappa shape index (κ1) is 26.4. The highest BCUT2D eigenvalue weighted by Crippen LogP contribution is 2.36. The van der Waals surface area contributed by atoms with Crippen LogP contribution in [0.1, 0.15) is 10.4 Å². The van der Waals surface area contributed by atoms with Gasteiger partial charge in [0.25, 0.3) is 5.91 Å². The van der Waals surface area contributed by atoms with Crippen LogP contribution in [0.5, 0.6) is 5.75 Å². The maximum atomic E-state index is 12.3. The van der Waals surface area contributed by atoms with E-state index in [2.05, 4.69) is 10.4 Å². The van der Waals surface area contributed by atoms with E-state index >= 15 is 0 Å². The number of hydrogen-bond donors (Lipinski definition) is 3. The Balaban J connectivity index is 0.000000509. The lowest BCUT2D eigenvalue weighted by Crippen LogP contribution is -2.21. The summed E-state index contributed by atoms with van der Waals surface area (Å²) in [7, 11) is 1.76. The van der Waals surface area contributed by atoms with Crippen molar-refractivity contribution in [2.75, 3.05) is 18.5 Å². The van der Waals surface area contributed by atoms with Crippen LogP contribution < -0.4 is 21.4 Å². The number of carbonyl (C=O) groups is 2. The Morgan fingerprint density at radius 3 is 2.47 bits per heavy atom. The van der Waals surface area contributed by atoms with Gasteiger partial charge in [0.15, 0.2) is 0 Å². The fourth-order valence-electron chi connectivity index (χ4n) is 2.49. The maximum absolute atomic E-state index is 12.3. The number of alkyl halides is 3. The van der Waals surface area contributed by atoms with Gasteiger partial charge in [0, 0.05) is 30.9 Å². The lowest BCUT2D eigenvalue weighted by atomic mass is 10.1. The van der Waals surface area contributed by atoms with Crippen LogP contribution in [0.25, 0.3) is 11.3 Å². The molecule has 0 spiro atoms. The van der Waals surface area contributed by atoms with E-state index in [0.29, 0.717) is 40.9 Å². The standard InChI is InChI=1S/C18H17ClN4O4.C2HF3O2/c1-23-17(14(19)9-21-23)13-8-12(3-4-15(13)26-7-6-20)22-18(25)11-2-5-16(24)27-10-11;3-2(4,5)1(6)7/h2-5,8-10H,6-7,20H2,1H3,(H,22,25);(H,6,7). The van der Waals surface area contributed by atoms with Crippen molar-refractivity contribution in [1.82, 2.24) is 9.78 Å². The number of rotatable bonds is 6. The highest BCUT2D eigenvalue weighted by Gasteiger charge is 2.38. The Labute approximate surface area is 194 Å². The van der Waals surface area contributed by atoms with E-state index in [9.17, 15) is 22.8 Å². The fourth-order valence-corrected chi connectivity index (χ4v) is 2.76. The molecular formula is C20H18ClF3N4O6. The molecule has 0 bridgehead atoms. The van der Waals surface area contributed by atoms with Crippen molar-refractivity contribution in [3.63, 3.8) is 0 Å². The Bertz CT molecular complexity index is 1190. The molecular weight excluding hydrogens is 485 g/mol. The van der Waals surface area contributed by atoms with Crippen molar-refractivity contribution in [2.24, 2.45) is 12.8 Å². The van der Waals surface area contributed by atoms with Crippen molar-refractivity contribution in [2.45, 2.75) is 6.18 Å². The van der Waals surface area contributed by atoms with E-state index in [-0.39, 0.29) is 5.56 Å². The second-order valence-corrected chi connectivity index (χ2v) is 6.82. The van der Waals surface area contributed by atoms with Gasteiger partial charge in [-0.25, -0.2) is 9.59 Å². The molecule has 0 aliphatic carbocycles. The highest BCUT2D eigenvalue weighted by atomic mass is 35.5. The van der Waals surface area contributed by atoms with Crippen molar-refractivity contribution >= 4 is 29.2 Å². The zero-order valence-corrected chi connectivity index (χ0v) is 18.2. The largest absolute Gasteiger partial charge is 0.492 e. The van der Waals surface area contributed by atoms with Gasteiger partial charge in [-0.05, 0) is 24.3 Å². The number of carboxylic acid groups (broad SMARTS) is 1. The highest BCUT2D eigenvalue weighted by molar-refractivity contribution is 6.33. The molecule has 3 aromatic rings. The number of aryl methyl sites for hydroxylation is 1. The van der Waals surface area contributed by atoms with Crippen LogP contribution >= 0.6 is 11.6 Å². The molecule has 1 amide bonds. The van der Waals surface area contributed by atoms with E-state index in [1.165, 1.54) is 18.3 Å². The van der Waals surface area contributed by atoms with E-state index < -0.39 is 23.7 Å². The van der Waals surface area contributed by atoms with Crippen LogP contribution in [-0.2, 0) is 11.8 Å². The number of hydrogen-bond acceptors (Lipinski definition) is 7. The predicted octanol–water partition coefficient (Wildman–Crippen LogP) is 2.92. The number of carboxylic acids is 1. The summed E-state index contributed by atoms with van der Waals surface area (Å²) in [5, 5.41) is 14.5. The second kappa shape index (κ2) is 11.3. The number of benzene rings is 1. The van der Waals surface area contributed by atoms with E-state index in [1.54, 1.807) is 29.9 Å². The number of aromatic nitrogens is 2. The minimum atomic E-state index is -5.08. The molecule has 0 saturated heterocycles. The predicted molar refractivity (Wildman–Crippen MR) is 115 cm³/mol. The van der Waals surface area contributed by atoms with Gasteiger partial charge in [-0.15, -0.1) is 0 Å². The third-order valence-electron chi connectivity index (χ3n) is 3.97. The summed E-state index contributed by atoms with van der Waals surface area (Å²) in [5.41, 5.74) is 7.03. The Morgan fingerprint density at radius 2 is 1.97 bits per heavy atom. The van der Waals surface area contributed by atoms with Gasteiger partial charge in [-0.1, -0.05) is 11.6 Å². The van der Waals surface area contributed by atoms with Crippen LogP contribution in [-0.4, -0.2) is 46.1 Å². The third-order valence-corrected chi connectivity index (χ3v) is 4.24. The number of anilines is 1. The van der Waals surface area contributed by atoms with Crippen LogP contribution in [0.3, 0.4) is 0 Å². The molecule has 0 radical (unpaired) electrons. The number of aliphatic carboxylic acids is 1. The average molecular weight is 503 g/mol. The fraction of sp³-hybridized carbons (Fsp3) is 0.200. The number of nitrogens with two attached hydrogens (primary N) is 1. The Hall–Kier alpha value is -3.84. The first-order chi connectivity index (χ1) is 15.9. The van der Waals surface area contributed by atoms with Crippen LogP contribution in [0.15, 0.2) is 52.0 Å². The average Bonchev–Trinajstić information content (AvgIpc) is 3.10. The molecule has 3 rings (SSSR count). The minimum Gasteiger partial charge on any atom is -0.492 e. The van der Waals surface area contributed by atoms with Crippen molar-refractivity contribution in [3.8, 4) is 17.0 Å². The molecule has 0 fully saturated rings. The van der Waals surface area contributed by atoms with Gasteiger partial charge in [0.05, 0.1) is 22.5 Å². The monoisotopic (exact) mass is 502 g/mol. The Kier molecular flexibility index (Phi) is 8.81. The normalized spacial score (nSPS) is 10.8. The number of carbonyl (C=O) groups excluding carboxylic acids is 1. The van der Waals surface area contributed by atoms with Crippen LogP contribution in [0.2, 0.25) is 5.02 Å². The lowest BCUT2D eigenvalue weighted by Gasteiger charge is -2.14. The van der Waals surface area contributed by atoms with Gasteiger partial charge in [0.1, 0.15) is 18.6 Å².